The number of thiazole rings is 1. The molecule has 0 aliphatic rings. The fraction of sp³-hybridized carbons (Fsp3) is 0.667. The van der Waals surface area contributed by atoms with Crippen LogP contribution in [-0.4, -0.2) is 55.5 Å². The SMILES string of the molecule is CCNC(=NCCc1nc(C)c(C)s1)NCCC(=O)N(C)C. The van der Waals surface area contributed by atoms with Gasteiger partial charge in [0.1, 0.15) is 0 Å². The smallest absolute Gasteiger partial charge is 0.223 e. The molecule has 1 rings (SSSR count). The molecule has 1 aromatic rings. The first-order chi connectivity index (χ1) is 10.4. The fourth-order valence-corrected chi connectivity index (χ4v) is 2.69. The number of hydrogen-bond acceptors (Lipinski definition) is 4. The van der Waals surface area contributed by atoms with Crippen molar-refractivity contribution in [2.45, 2.75) is 33.6 Å². The van der Waals surface area contributed by atoms with Crippen LogP contribution in [0.15, 0.2) is 4.99 Å². The van der Waals surface area contributed by atoms with Gasteiger partial charge in [0.2, 0.25) is 5.91 Å². The number of rotatable bonds is 7. The molecule has 0 fully saturated rings. The molecule has 0 aromatic carbocycles. The lowest BCUT2D eigenvalue weighted by Gasteiger charge is -2.13. The zero-order valence-electron chi connectivity index (χ0n) is 14.2. The van der Waals surface area contributed by atoms with Gasteiger partial charge in [0.05, 0.1) is 10.7 Å². The molecule has 0 atom stereocenters. The Morgan fingerprint density at radius 1 is 1.32 bits per heavy atom. The van der Waals surface area contributed by atoms with Crippen LogP contribution in [0.5, 0.6) is 0 Å². The van der Waals surface area contributed by atoms with Crippen LogP contribution < -0.4 is 10.6 Å². The number of aromatic nitrogens is 1. The minimum Gasteiger partial charge on any atom is -0.357 e. The summed E-state index contributed by atoms with van der Waals surface area (Å²) in [5.74, 6) is 0.858. The highest BCUT2D eigenvalue weighted by Crippen LogP contribution is 2.16. The van der Waals surface area contributed by atoms with Gasteiger partial charge in [-0.1, -0.05) is 0 Å². The Morgan fingerprint density at radius 3 is 2.59 bits per heavy atom. The molecule has 1 aromatic heterocycles. The summed E-state index contributed by atoms with van der Waals surface area (Å²) in [7, 11) is 3.53. The third-order valence-electron chi connectivity index (χ3n) is 3.14. The number of amides is 1. The monoisotopic (exact) mass is 325 g/mol. The lowest BCUT2D eigenvalue weighted by molar-refractivity contribution is -0.128. The van der Waals surface area contributed by atoms with Crippen LogP contribution in [-0.2, 0) is 11.2 Å². The van der Waals surface area contributed by atoms with Crippen molar-refractivity contribution < 1.29 is 4.79 Å². The van der Waals surface area contributed by atoms with E-state index in [2.05, 4.69) is 27.5 Å². The van der Waals surface area contributed by atoms with Crippen LogP contribution in [0.1, 0.15) is 28.9 Å². The Hall–Kier alpha value is -1.63. The highest BCUT2D eigenvalue weighted by molar-refractivity contribution is 7.11. The minimum absolute atomic E-state index is 0.108. The summed E-state index contributed by atoms with van der Waals surface area (Å²) in [6.07, 6.45) is 1.30. The second-order valence-electron chi connectivity index (χ2n) is 5.22. The normalized spacial score (nSPS) is 11.4. The largest absolute Gasteiger partial charge is 0.357 e. The molecule has 124 valence electrons. The van der Waals surface area contributed by atoms with Gasteiger partial charge in [0.15, 0.2) is 5.96 Å². The van der Waals surface area contributed by atoms with Gasteiger partial charge in [-0.05, 0) is 20.8 Å². The summed E-state index contributed by atoms with van der Waals surface area (Å²) in [5.41, 5.74) is 1.11. The van der Waals surface area contributed by atoms with Gasteiger partial charge in [-0.25, -0.2) is 4.98 Å². The minimum atomic E-state index is 0.108. The molecule has 0 saturated carbocycles. The third-order valence-corrected chi connectivity index (χ3v) is 4.28. The molecular weight excluding hydrogens is 298 g/mol. The first-order valence-electron chi connectivity index (χ1n) is 7.59. The summed E-state index contributed by atoms with van der Waals surface area (Å²) in [6.45, 7) is 8.21. The molecule has 0 unspecified atom stereocenters. The average Bonchev–Trinajstić information content (AvgIpc) is 2.77. The van der Waals surface area contributed by atoms with Gasteiger partial charge < -0.3 is 15.5 Å². The lowest BCUT2D eigenvalue weighted by atomic mass is 10.4. The standard InChI is InChI=1S/C15H27N5OS/c1-6-16-15(18-10-8-14(21)20(4)5)17-9-7-13-19-11(2)12(3)22-13/h6-10H2,1-5H3,(H2,16,17,18). The van der Waals surface area contributed by atoms with Gasteiger partial charge in [0.25, 0.3) is 0 Å². The molecule has 0 bridgehead atoms. The highest BCUT2D eigenvalue weighted by Gasteiger charge is 2.05. The topological polar surface area (TPSA) is 69.6 Å². The Labute approximate surface area is 137 Å². The Kier molecular flexibility index (Phi) is 7.87. The van der Waals surface area contributed by atoms with E-state index >= 15 is 0 Å². The molecule has 0 aliphatic carbocycles. The molecule has 2 N–H and O–H groups in total. The Balaban J connectivity index is 2.42. The molecule has 22 heavy (non-hydrogen) atoms. The van der Waals surface area contributed by atoms with Crippen LogP contribution in [0.2, 0.25) is 0 Å². The fourth-order valence-electron chi connectivity index (χ4n) is 1.76. The second-order valence-corrected chi connectivity index (χ2v) is 6.51. The second kappa shape index (κ2) is 9.40. The molecule has 7 heteroatoms. The van der Waals surface area contributed by atoms with E-state index in [9.17, 15) is 4.79 Å². The van der Waals surface area contributed by atoms with Crippen LogP contribution in [0.25, 0.3) is 0 Å². The number of carbonyl (C=O) groups excluding carboxylic acids is 1. The summed E-state index contributed by atoms with van der Waals surface area (Å²) >= 11 is 1.73. The van der Waals surface area contributed by atoms with Crippen molar-refractivity contribution in [2.75, 3.05) is 33.7 Å². The van der Waals surface area contributed by atoms with Crippen molar-refractivity contribution in [3.63, 3.8) is 0 Å². The van der Waals surface area contributed by atoms with E-state index < -0.39 is 0 Å². The lowest BCUT2D eigenvalue weighted by Crippen LogP contribution is -2.39. The van der Waals surface area contributed by atoms with E-state index in [0.717, 1.165) is 29.6 Å². The van der Waals surface area contributed by atoms with Crippen LogP contribution in [0.3, 0.4) is 0 Å². The van der Waals surface area contributed by atoms with E-state index in [4.69, 9.17) is 0 Å². The molecule has 1 heterocycles. The molecule has 0 radical (unpaired) electrons. The van der Waals surface area contributed by atoms with Crippen molar-refractivity contribution in [2.24, 2.45) is 4.99 Å². The maximum Gasteiger partial charge on any atom is 0.223 e. The van der Waals surface area contributed by atoms with Gasteiger partial charge in [-0.15, -0.1) is 11.3 Å². The van der Waals surface area contributed by atoms with Gasteiger partial charge in [-0.2, -0.15) is 0 Å². The van der Waals surface area contributed by atoms with Gasteiger partial charge >= 0.3 is 0 Å². The Bertz CT molecular complexity index is 491. The van der Waals surface area contributed by atoms with Crippen LogP contribution in [0, 0.1) is 13.8 Å². The summed E-state index contributed by atoms with van der Waals surface area (Å²) < 4.78 is 0. The van der Waals surface area contributed by atoms with E-state index in [0.29, 0.717) is 19.5 Å². The van der Waals surface area contributed by atoms with Gasteiger partial charge in [0, 0.05) is 51.4 Å². The van der Waals surface area contributed by atoms with E-state index in [1.807, 2.05) is 13.8 Å². The maximum absolute atomic E-state index is 11.5. The molecule has 6 nitrogen and oxygen atoms in total. The molecule has 0 aliphatic heterocycles. The van der Waals surface area contributed by atoms with E-state index in [1.165, 1.54) is 4.88 Å². The first-order valence-corrected chi connectivity index (χ1v) is 8.41. The van der Waals surface area contributed by atoms with E-state index in [1.54, 1.807) is 30.3 Å². The number of aryl methyl sites for hydroxylation is 2. The quantitative estimate of drug-likeness (QED) is 0.586. The molecule has 0 saturated heterocycles. The van der Waals surface area contributed by atoms with Crippen molar-refractivity contribution in [3.05, 3.63) is 15.6 Å². The number of nitrogens with one attached hydrogen (secondary N) is 2. The summed E-state index contributed by atoms with van der Waals surface area (Å²) in [5, 5.41) is 7.49. The maximum atomic E-state index is 11.5. The first kappa shape index (κ1) is 18.4. The predicted octanol–water partition coefficient (Wildman–Crippen LogP) is 1.34. The van der Waals surface area contributed by atoms with Crippen LogP contribution in [0.4, 0.5) is 0 Å². The highest BCUT2D eigenvalue weighted by atomic mass is 32.1. The van der Waals surface area contributed by atoms with Crippen molar-refractivity contribution in [1.82, 2.24) is 20.5 Å². The zero-order chi connectivity index (χ0) is 16.5. The van der Waals surface area contributed by atoms with Crippen LogP contribution >= 0.6 is 11.3 Å². The average molecular weight is 325 g/mol. The Morgan fingerprint density at radius 2 is 2.05 bits per heavy atom. The predicted molar refractivity (Wildman–Crippen MR) is 92.6 cm³/mol. The van der Waals surface area contributed by atoms with Crippen molar-refractivity contribution in [1.29, 1.82) is 0 Å². The summed E-state index contributed by atoms with van der Waals surface area (Å²) in [4.78, 5) is 23.4. The van der Waals surface area contributed by atoms with Gasteiger partial charge in [-0.3, -0.25) is 9.79 Å². The molecular formula is C15H27N5OS. The number of aliphatic imine (C=N–C) groups is 1. The molecule has 1 amide bonds. The third kappa shape index (κ3) is 6.43. The number of hydrogen-bond donors (Lipinski definition) is 2. The number of carbonyl (C=O) groups is 1. The number of nitrogens with zero attached hydrogens (tertiary/aromatic N) is 3. The van der Waals surface area contributed by atoms with Crippen molar-refractivity contribution in [3.8, 4) is 0 Å². The summed E-state index contributed by atoms with van der Waals surface area (Å²) in [6, 6.07) is 0. The molecule has 0 spiro atoms. The van der Waals surface area contributed by atoms with Crippen molar-refractivity contribution >= 4 is 23.2 Å². The zero-order valence-corrected chi connectivity index (χ0v) is 15.0. The van der Waals surface area contributed by atoms with E-state index in [-0.39, 0.29) is 5.91 Å². The number of guanidine groups is 1.